The Hall–Kier alpha value is -1.92. The topological polar surface area (TPSA) is 85.1 Å². The van der Waals surface area contributed by atoms with E-state index >= 15 is 0 Å². The third-order valence-electron chi connectivity index (χ3n) is 3.68. The van der Waals surface area contributed by atoms with Crippen LogP contribution in [0.4, 0.5) is 5.69 Å². The first-order valence-electron chi connectivity index (χ1n) is 6.89. The van der Waals surface area contributed by atoms with Gasteiger partial charge in [-0.3, -0.25) is 9.71 Å². The molecule has 2 aromatic rings. The molecule has 1 aromatic heterocycles. The second-order valence-corrected chi connectivity index (χ2v) is 6.75. The van der Waals surface area contributed by atoms with Gasteiger partial charge in [-0.15, -0.1) is 0 Å². The Morgan fingerprint density at radius 1 is 1.19 bits per heavy atom. The number of nitrogens with one attached hydrogen (secondary N) is 1. The molecule has 21 heavy (non-hydrogen) atoms. The zero-order chi connectivity index (χ0) is 14.9. The Bertz CT molecular complexity index is 772. The summed E-state index contributed by atoms with van der Waals surface area (Å²) in [6, 6.07) is 8.83. The number of benzene rings is 1. The molecule has 5 nitrogen and oxygen atoms in total. The van der Waals surface area contributed by atoms with Crippen molar-refractivity contribution in [1.29, 1.82) is 0 Å². The lowest BCUT2D eigenvalue weighted by molar-refractivity contribution is 0.599. The van der Waals surface area contributed by atoms with Gasteiger partial charge in [0.2, 0.25) is 0 Å². The van der Waals surface area contributed by atoms with Crippen LogP contribution in [0.25, 0.3) is 0 Å². The summed E-state index contributed by atoms with van der Waals surface area (Å²) in [5.74, 6) is 0. The third kappa shape index (κ3) is 2.77. The molecular weight excluding hydrogens is 286 g/mol. The number of hydrogen-bond acceptors (Lipinski definition) is 4. The van der Waals surface area contributed by atoms with E-state index in [0.717, 1.165) is 19.3 Å². The molecule has 1 aliphatic carbocycles. The lowest BCUT2D eigenvalue weighted by Crippen LogP contribution is -2.17. The van der Waals surface area contributed by atoms with E-state index in [1.165, 1.54) is 23.4 Å². The van der Waals surface area contributed by atoms with Gasteiger partial charge in [-0.2, -0.15) is 0 Å². The van der Waals surface area contributed by atoms with Gasteiger partial charge in [0.1, 0.15) is 4.90 Å². The van der Waals surface area contributed by atoms with E-state index in [1.807, 2.05) is 12.1 Å². The molecule has 0 atom stereocenters. The fraction of sp³-hybridized carbons (Fsp3) is 0.267. The van der Waals surface area contributed by atoms with Crippen molar-refractivity contribution < 1.29 is 8.42 Å². The van der Waals surface area contributed by atoms with Crippen LogP contribution in [-0.2, 0) is 29.4 Å². The maximum absolute atomic E-state index is 12.5. The summed E-state index contributed by atoms with van der Waals surface area (Å²) in [4.78, 5) is 4.15. The highest BCUT2D eigenvalue weighted by Gasteiger charge is 2.19. The third-order valence-corrected chi connectivity index (χ3v) is 5.14. The normalized spacial score (nSPS) is 14.0. The summed E-state index contributed by atoms with van der Waals surface area (Å²) in [5, 5.41) is 0. The van der Waals surface area contributed by atoms with Gasteiger partial charge in [-0.25, -0.2) is 8.42 Å². The van der Waals surface area contributed by atoms with Crippen LogP contribution < -0.4 is 10.5 Å². The Kier molecular flexibility index (Phi) is 3.65. The number of aromatic nitrogens is 1. The first kappa shape index (κ1) is 14.0. The van der Waals surface area contributed by atoms with Gasteiger partial charge in [0.05, 0.1) is 5.69 Å². The van der Waals surface area contributed by atoms with Crippen molar-refractivity contribution in [2.45, 2.75) is 30.7 Å². The summed E-state index contributed by atoms with van der Waals surface area (Å²) in [5.41, 5.74) is 9.04. The smallest absolute Gasteiger partial charge is 0.263 e. The zero-order valence-corrected chi connectivity index (χ0v) is 12.4. The number of rotatable bonds is 4. The number of nitrogens with zero attached hydrogens (tertiary/aromatic N) is 1. The minimum absolute atomic E-state index is 0.0846. The zero-order valence-electron chi connectivity index (χ0n) is 11.5. The van der Waals surface area contributed by atoms with Crippen molar-refractivity contribution in [3.63, 3.8) is 0 Å². The van der Waals surface area contributed by atoms with Gasteiger partial charge < -0.3 is 5.73 Å². The average Bonchev–Trinajstić information content (AvgIpc) is 2.94. The predicted octanol–water partition coefficient (Wildman–Crippen LogP) is 1.83. The Balaban J connectivity index is 1.93. The number of nitrogens with two attached hydrogens (primary N) is 1. The molecule has 0 amide bonds. The number of anilines is 1. The van der Waals surface area contributed by atoms with Crippen molar-refractivity contribution in [1.82, 2.24) is 4.98 Å². The SMILES string of the molecule is NCc1ncccc1S(=O)(=O)Nc1ccc2c(c1)CCC2. The van der Waals surface area contributed by atoms with Gasteiger partial charge in [0, 0.05) is 18.4 Å². The molecular formula is C15H17N3O2S. The number of pyridine rings is 1. The van der Waals surface area contributed by atoms with Crippen LogP contribution in [0.5, 0.6) is 0 Å². The summed E-state index contributed by atoms with van der Waals surface area (Å²) < 4.78 is 27.6. The molecule has 1 aromatic carbocycles. The summed E-state index contributed by atoms with van der Waals surface area (Å²) in [6.07, 6.45) is 4.75. The van der Waals surface area contributed by atoms with E-state index in [2.05, 4.69) is 9.71 Å². The Morgan fingerprint density at radius 2 is 2.00 bits per heavy atom. The van der Waals surface area contributed by atoms with Crippen molar-refractivity contribution in [2.24, 2.45) is 5.73 Å². The molecule has 0 saturated carbocycles. The number of hydrogen-bond donors (Lipinski definition) is 2. The van der Waals surface area contributed by atoms with E-state index < -0.39 is 10.0 Å². The van der Waals surface area contributed by atoms with Crippen LogP contribution in [0.1, 0.15) is 23.2 Å². The highest BCUT2D eigenvalue weighted by atomic mass is 32.2. The molecule has 110 valence electrons. The molecule has 0 saturated heterocycles. The van der Waals surface area contributed by atoms with Crippen molar-refractivity contribution in [3.8, 4) is 0 Å². The van der Waals surface area contributed by atoms with Crippen LogP contribution >= 0.6 is 0 Å². The number of aryl methyl sites for hydroxylation is 2. The average molecular weight is 303 g/mol. The second kappa shape index (κ2) is 5.46. The highest BCUT2D eigenvalue weighted by Crippen LogP contribution is 2.26. The first-order chi connectivity index (χ1) is 10.1. The minimum atomic E-state index is -3.67. The van der Waals surface area contributed by atoms with Crippen molar-refractivity contribution >= 4 is 15.7 Å². The summed E-state index contributed by atoms with van der Waals surface area (Å²) >= 11 is 0. The van der Waals surface area contributed by atoms with Crippen LogP contribution in [0, 0.1) is 0 Å². The standard InChI is InChI=1S/C15H17N3O2S/c16-10-14-15(5-2-8-17-14)21(19,20)18-13-7-6-11-3-1-4-12(11)9-13/h2,5-9,18H,1,3-4,10,16H2. The maximum Gasteiger partial charge on any atom is 0.263 e. The quantitative estimate of drug-likeness (QED) is 0.902. The molecule has 0 aliphatic heterocycles. The molecule has 6 heteroatoms. The van der Waals surface area contributed by atoms with E-state index in [0.29, 0.717) is 11.4 Å². The first-order valence-corrected chi connectivity index (χ1v) is 8.37. The van der Waals surface area contributed by atoms with E-state index in [-0.39, 0.29) is 11.4 Å². The molecule has 0 bridgehead atoms. The molecule has 0 fully saturated rings. The molecule has 3 rings (SSSR count). The second-order valence-electron chi connectivity index (χ2n) is 5.09. The van der Waals surface area contributed by atoms with Gasteiger partial charge in [0.25, 0.3) is 10.0 Å². The van der Waals surface area contributed by atoms with Crippen LogP contribution in [0.2, 0.25) is 0 Å². The predicted molar refractivity (Wildman–Crippen MR) is 81.4 cm³/mol. The van der Waals surface area contributed by atoms with Crippen molar-refractivity contribution in [2.75, 3.05) is 4.72 Å². The van der Waals surface area contributed by atoms with Crippen LogP contribution in [-0.4, -0.2) is 13.4 Å². The van der Waals surface area contributed by atoms with E-state index in [1.54, 1.807) is 12.1 Å². The lowest BCUT2D eigenvalue weighted by Gasteiger charge is -2.11. The van der Waals surface area contributed by atoms with Crippen molar-refractivity contribution in [3.05, 3.63) is 53.3 Å². The summed E-state index contributed by atoms with van der Waals surface area (Å²) in [7, 11) is -3.67. The number of sulfonamides is 1. The largest absolute Gasteiger partial charge is 0.325 e. The summed E-state index contributed by atoms with van der Waals surface area (Å²) in [6.45, 7) is 0.0846. The lowest BCUT2D eigenvalue weighted by atomic mass is 10.1. The highest BCUT2D eigenvalue weighted by molar-refractivity contribution is 7.92. The Labute approximate surface area is 124 Å². The molecule has 1 heterocycles. The van der Waals surface area contributed by atoms with Gasteiger partial charge in [-0.1, -0.05) is 6.07 Å². The Morgan fingerprint density at radius 3 is 2.81 bits per heavy atom. The minimum Gasteiger partial charge on any atom is -0.325 e. The molecule has 0 unspecified atom stereocenters. The monoisotopic (exact) mass is 303 g/mol. The number of fused-ring (bicyclic) bond motifs is 1. The van der Waals surface area contributed by atoms with Crippen LogP contribution in [0.15, 0.2) is 41.4 Å². The fourth-order valence-corrected chi connectivity index (χ4v) is 3.92. The molecule has 1 aliphatic rings. The van der Waals surface area contributed by atoms with Crippen LogP contribution in [0.3, 0.4) is 0 Å². The van der Waals surface area contributed by atoms with E-state index in [9.17, 15) is 8.42 Å². The fourth-order valence-electron chi connectivity index (χ4n) is 2.67. The van der Waals surface area contributed by atoms with E-state index in [4.69, 9.17) is 5.73 Å². The van der Waals surface area contributed by atoms with Gasteiger partial charge >= 0.3 is 0 Å². The van der Waals surface area contributed by atoms with Gasteiger partial charge in [-0.05, 0) is 54.7 Å². The van der Waals surface area contributed by atoms with Gasteiger partial charge in [0.15, 0.2) is 0 Å². The molecule has 3 N–H and O–H groups in total. The molecule has 0 radical (unpaired) electrons. The maximum atomic E-state index is 12.5. The molecule has 0 spiro atoms.